The second-order valence-corrected chi connectivity index (χ2v) is 8.36. The van der Waals surface area contributed by atoms with Crippen LogP contribution in [0.2, 0.25) is 5.02 Å². The zero-order valence-corrected chi connectivity index (χ0v) is 20.0. The fourth-order valence-corrected chi connectivity index (χ4v) is 3.96. The summed E-state index contributed by atoms with van der Waals surface area (Å²) in [6.07, 6.45) is 3.96. The van der Waals surface area contributed by atoms with Gasteiger partial charge in [-0.25, -0.2) is 9.78 Å². The summed E-state index contributed by atoms with van der Waals surface area (Å²) >= 11 is 6.41. The van der Waals surface area contributed by atoms with E-state index < -0.39 is 5.69 Å². The molecule has 2 aromatic carbocycles. The number of fused-ring (bicyclic) bond motifs is 1. The smallest absolute Gasteiger partial charge is 0.354 e. The van der Waals surface area contributed by atoms with Crippen LogP contribution in [0, 0.1) is 0 Å². The Kier molecular flexibility index (Phi) is 7.45. The average Bonchev–Trinajstić information content (AvgIpc) is 3.66. The maximum absolute atomic E-state index is 13.1. The fourth-order valence-electron chi connectivity index (χ4n) is 3.74. The number of benzene rings is 2. The Hall–Kier alpha value is -3.42. The van der Waals surface area contributed by atoms with Gasteiger partial charge in [-0.3, -0.25) is 4.57 Å². The number of para-hydroxylation sites is 1. The molecule has 0 spiro atoms. The van der Waals surface area contributed by atoms with Crippen molar-refractivity contribution in [2.24, 2.45) is 0 Å². The number of hydrogen-bond acceptors (Lipinski definition) is 6. The lowest BCUT2D eigenvalue weighted by atomic mass is 10.1. The second kappa shape index (κ2) is 10.7. The fraction of sp³-hybridized carbons (Fsp3) is 0.269. The molecule has 2 aromatic heterocycles. The highest BCUT2D eigenvalue weighted by atomic mass is 35.5. The van der Waals surface area contributed by atoms with Gasteiger partial charge in [-0.15, -0.1) is 0 Å². The highest BCUT2D eigenvalue weighted by Crippen LogP contribution is 2.41. The maximum Gasteiger partial charge on any atom is 0.354 e. The van der Waals surface area contributed by atoms with E-state index in [1.807, 2.05) is 38.1 Å². The van der Waals surface area contributed by atoms with Crippen LogP contribution in [0.5, 0.6) is 0 Å². The van der Waals surface area contributed by atoms with Crippen molar-refractivity contribution in [3.8, 4) is 5.69 Å². The Balaban J connectivity index is 0.000000499. The van der Waals surface area contributed by atoms with Gasteiger partial charge in [0.05, 0.1) is 16.2 Å². The van der Waals surface area contributed by atoms with E-state index in [2.05, 4.69) is 27.4 Å². The number of hydrogen-bond donors (Lipinski definition) is 2. The first-order valence-electron chi connectivity index (χ1n) is 11.4. The van der Waals surface area contributed by atoms with Crippen molar-refractivity contribution in [3.63, 3.8) is 0 Å². The minimum Gasteiger partial charge on any atom is -0.384 e. The molecular weight excluding hydrogens is 450 g/mol. The lowest BCUT2D eigenvalue weighted by Gasteiger charge is -2.16. The molecule has 0 aliphatic heterocycles. The first-order chi connectivity index (χ1) is 16.5. The number of nitrogens with zero attached hydrogens (tertiary/aromatic N) is 3. The predicted molar refractivity (Wildman–Crippen MR) is 138 cm³/mol. The van der Waals surface area contributed by atoms with Crippen molar-refractivity contribution in [1.82, 2.24) is 14.5 Å². The number of rotatable bonds is 6. The summed E-state index contributed by atoms with van der Waals surface area (Å²) in [6, 6.07) is 17.0. The van der Waals surface area contributed by atoms with E-state index in [9.17, 15) is 4.79 Å². The van der Waals surface area contributed by atoms with E-state index in [0.717, 1.165) is 24.1 Å². The van der Waals surface area contributed by atoms with Crippen LogP contribution in [-0.2, 0) is 4.74 Å². The minimum absolute atomic E-state index is 0.389. The quantitative estimate of drug-likeness (QED) is 0.371. The van der Waals surface area contributed by atoms with Crippen molar-refractivity contribution in [3.05, 3.63) is 81.9 Å². The van der Waals surface area contributed by atoms with Gasteiger partial charge >= 0.3 is 5.69 Å². The number of nitrogen functional groups attached to an aromatic ring is 1. The van der Waals surface area contributed by atoms with Crippen molar-refractivity contribution in [1.29, 1.82) is 0 Å². The zero-order valence-electron chi connectivity index (χ0n) is 19.3. The highest BCUT2D eigenvalue weighted by Gasteiger charge is 2.25. The first kappa shape index (κ1) is 23.7. The molecule has 8 heteroatoms. The van der Waals surface area contributed by atoms with E-state index >= 15 is 0 Å². The lowest BCUT2D eigenvalue weighted by molar-refractivity contribution is 0.162. The van der Waals surface area contributed by atoms with Crippen LogP contribution >= 0.6 is 11.6 Å². The third kappa shape index (κ3) is 5.38. The summed E-state index contributed by atoms with van der Waals surface area (Å²) < 4.78 is 6.41. The molecule has 0 radical (unpaired) electrons. The SMILES string of the molecule is CCOCC.Nc1cc(Nc2nc(=O)n(-c3ccccc3Cl)c3cc(C4CC4)ccc23)ccn1. The summed E-state index contributed by atoms with van der Waals surface area (Å²) in [5.41, 5.74) is 8.71. The molecule has 0 bridgehead atoms. The monoisotopic (exact) mass is 477 g/mol. The molecule has 1 aliphatic rings. The summed E-state index contributed by atoms with van der Waals surface area (Å²) in [5, 5.41) is 4.53. The van der Waals surface area contributed by atoms with Gasteiger partial charge in [0.1, 0.15) is 11.6 Å². The van der Waals surface area contributed by atoms with Gasteiger partial charge in [-0.1, -0.05) is 29.8 Å². The van der Waals surface area contributed by atoms with Crippen LogP contribution in [-0.4, -0.2) is 27.7 Å². The molecule has 3 N–H and O–H groups in total. The molecule has 176 valence electrons. The number of pyridine rings is 1. The molecule has 4 aromatic rings. The topological polar surface area (TPSA) is 95.1 Å². The van der Waals surface area contributed by atoms with E-state index in [1.165, 1.54) is 18.4 Å². The summed E-state index contributed by atoms with van der Waals surface area (Å²) in [6.45, 7) is 5.67. The molecule has 1 fully saturated rings. The summed E-state index contributed by atoms with van der Waals surface area (Å²) in [7, 11) is 0. The molecule has 0 unspecified atom stereocenters. The Morgan fingerprint density at radius 3 is 2.53 bits per heavy atom. The third-order valence-corrected chi connectivity index (χ3v) is 5.83. The third-order valence-electron chi connectivity index (χ3n) is 5.51. The average molecular weight is 478 g/mol. The van der Waals surface area contributed by atoms with Crippen LogP contribution in [0.15, 0.2) is 65.6 Å². The van der Waals surface area contributed by atoms with Crippen molar-refractivity contribution in [2.75, 3.05) is 24.3 Å². The molecule has 1 aliphatic carbocycles. The molecule has 0 saturated heterocycles. The Morgan fingerprint density at radius 2 is 1.88 bits per heavy atom. The predicted octanol–water partition coefficient (Wildman–Crippen LogP) is 5.68. The Bertz CT molecular complexity index is 1350. The van der Waals surface area contributed by atoms with Gasteiger partial charge in [0.25, 0.3) is 0 Å². The van der Waals surface area contributed by atoms with Crippen LogP contribution < -0.4 is 16.7 Å². The van der Waals surface area contributed by atoms with Gasteiger partial charge in [0, 0.05) is 36.6 Å². The van der Waals surface area contributed by atoms with Crippen LogP contribution in [0.25, 0.3) is 16.6 Å². The van der Waals surface area contributed by atoms with Gasteiger partial charge < -0.3 is 15.8 Å². The highest BCUT2D eigenvalue weighted by molar-refractivity contribution is 6.32. The number of anilines is 3. The van der Waals surface area contributed by atoms with Gasteiger partial charge in [0.15, 0.2) is 0 Å². The minimum atomic E-state index is -0.400. The van der Waals surface area contributed by atoms with Crippen molar-refractivity contribution >= 4 is 39.8 Å². The standard InChI is InChI=1S/C22H18ClN5O.C4H10O/c23-17-3-1-2-4-18(17)28-19-11-14(13-5-6-13)7-8-16(19)21(27-22(28)29)26-15-9-10-25-20(24)12-15;1-3-5-4-2/h1-4,7-13H,5-6H2,(H3,24,25,26,27,29);3-4H2,1-2H3. The molecular formula is C26H28ClN5O2. The molecule has 2 heterocycles. The second-order valence-electron chi connectivity index (χ2n) is 7.96. The van der Waals surface area contributed by atoms with E-state index in [1.54, 1.807) is 29.0 Å². The van der Waals surface area contributed by atoms with Gasteiger partial charge in [-0.05, 0) is 68.5 Å². The molecule has 0 atom stereocenters. The number of nitrogens with two attached hydrogens (primary N) is 1. The van der Waals surface area contributed by atoms with E-state index in [-0.39, 0.29) is 0 Å². The van der Waals surface area contributed by atoms with Crippen LogP contribution in [0.3, 0.4) is 0 Å². The summed E-state index contributed by atoms with van der Waals surface area (Å²) in [5.74, 6) is 1.42. The van der Waals surface area contributed by atoms with Gasteiger partial charge in [-0.2, -0.15) is 4.98 Å². The molecule has 0 amide bonds. The summed E-state index contributed by atoms with van der Waals surface area (Å²) in [4.78, 5) is 21.4. The molecule has 5 rings (SSSR count). The van der Waals surface area contributed by atoms with Crippen molar-refractivity contribution in [2.45, 2.75) is 32.6 Å². The number of nitrogens with one attached hydrogen (secondary N) is 1. The van der Waals surface area contributed by atoms with Crippen LogP contribution in [0.4, 0.5) is 17.3 Å². The maximum atomic E-state index is 13.1. The Morgan fingerprint density at radius 1 is 1.12 bits per heavy atom. The Labute approximate surface area is 203 Å². The van der Waals surface area contributed by atoms with Crippen molar-refractivity contribution < 1.29 is 4.74 Å². The van der Waals surface area contributed by atoms with Gasteiger partial charge in [0.2, 0.25) is 0 Å². The number of halogens is 1. The number of ether oxygens (including phenoxy) is 1. The molecule has 34 heavy (non-hydrogen) atoms. The first-order valence-corrected chi connectivity index (χ1v) is 11.8. The van der Waals surface area contributed by atoms with E-state index in [4.69, 9.17) is 22.1 Å². The number of aromatic nitrogens is 3. The lowest BCUT2D eigenvalue weighted by Crippen LogP contribution is -2.23. The van der Waals surface area contributed by atoms with E-state index in [0.29, 0.717) is 34.0 Å². The van der Waals surface area contributed by atoms with Crippen LogP contribution in [0.1, 0.15) is 38.2 Å². The molecule has 7 nitrogen and oxygen atoms in total. The zero-order chi connectivity index (χ0) is 24.1. The normalized spacial score (nSPS) is 12.8. The largest absolute Gasteiger partial charge is 0.384 e. The molecule has 1 saturated carbocycles.